The van der Waals surface area contributed by atoms with Gasteiger partial charge in [-0.2, -0.15) is 0 Å². The molecule has 0 atom stereocenters. The number of carbonyl (C=O) groups is 1. The molecule has 1 N–H and O–H groups in total. The third-order valence-corrected chi connectivity index (χ3v) is 6.70. The second-order valence-electron chi connectivity index (χ2n) is 7.20. The van der Waals surface area contributed by atoms with E-state index < -0.39 is 17.2 Å². The molecule has 4 rings (SSSR count). The Bertz CT molecular complexity index is 1450. The fourth-order valence-corrected chi connectivity index (χ4v) is 4.76. The molecule has 0 saturated carbocycles. The summed E-state index contributed by atoms with van der Waals surface area (Å²) in [4.78, 5) is 41.0. The van der Waals surface area contributed by atoms with Gasteiger partial charge in [-0.15, -0.1) is 11.3 Å². The summed E-state index contributed by atoms with van der Waals surface area (Å²) < 4.78 is 7.69. The first-order valence-corrected chi connectivity index (χ1v) is 11.0. The van der Waals surface area contributed by atoms with Crippen LogP contribution in [0.25, 0.3) is 15.9 Å². The third kappa shape index (κ3) is 3.83. The molecule has 0 saturated heterocycles. The zero-order chi connectivity index (χ0) is 23.0. The highest BCUT2D eigenvalue weighted by Gasteiger charge is 2.21. The van der Waals surface area contributed by atoms with Crippen LogP contribution < -0.4 is 21.3 Å². The van der Waals surface area contributed by atoms with Crippen LogP contribution in [0, 0.1) is 13.8 Å². The largest absolute Gasteiger partial charge is 0.495 e. The number of aromatic nitrogens is 2. The Morgan fingerprint density at radius 1 is 1.09 bits per heavy atom. The Hall–Kier alpha value is -3.36. The minimum atomic E-state index is -0.596. The van der Waals surface area contributed by atoms with Crippen molar-refractivity contribution >= 4 is 44.7 Å². The Kier molecular flexibility index (Phi) is 5.90. The number of halogens is 1. The average Bonchev–Trinajstić information content (AvgIpc) is 3.07. The number of benzene rings is 2. The molecule has 164 valence electrons. The van der Waals surface area contributed by atoms with E-state index in [1.165, 1.54) is 23.0 Å². The third-order valence-electron chi connectivity index (χ3n) is 5.22. The zero-order valence-corrected chi connectivity index (χ0v) is 19.2. The molecule has 2 aromatic heterocycles. The van der Waals surface area contributed by atoms with Crippen molar-refractivity contribution in [3.8, 4) is 11.4 Å². The minimum absolute atomic E-state index is 0.263. The predicted molar refractivity (Wildman–Crippen MR) is 128 cm³/mol. The van der Waals surface area contributed by atoms with Gasteiger partial charge in [0.05, 0.1) is 23.9 Å². The number of methoxy groups -OCH3 is 1. The van der Waals surface area contributed by atoms with Crippen molar-refractivity contribution in [1.29, 1.82) is 0 Å². The SMILES string of the molecule is COc1ccccc1NC(=O)Cn1c(=O)n(-c2ccc(Cl)cc2)c(=O)c2c(C)c(C)sc21. The van der Waals surface area contributed by atoms with Gasteiger partial charge < -0.3 is 10.1 Å². The van der Waals surface area contributed by atoms with Gasteiger partial charge in [0.25, 0.3) is 5.56 Å². The van der Waals surface area contributed by atoms with Crippen molar-refractivity contribution in [3.05, 3.63) is 84.8 Å². The van der Waals surface area contributed by atoms with Gasteiger partial charge in [-0.1, -0.05) is 23.7 Å². The van der Waals surface area contributed by atoms with Crippen LogP contribution in [0.3, 0.4) is 0 Å². The minimum Gasteiger partial charge on any atom is -0.495 e. The highest BCUT2D eigenvalue weighted by molar-refractivity contribution is 7.18. The monoisotopic (exact) mass is 469 g/mol. The van der Waals surface area contributed by atoms with Crippen LogP contribution in [0.4, 0.5) is 5.69 Å². The van der Waals surface area contributed by atoms with Gasteiger partial charge in [0, 0.05) is 9.90 Å². The fourth-order valence-electron chi connectivity index (χ4n) is 3.50. The van der Waals surface area contributed by atoms with E-state index in [2.05, 4.69) is 5.32 Å². The Morgan fingerprint density at radius 2 is 1.78 bits per heavy atom. The van der Waals surface area contributed by atoms with E-state index in [9.17, 15) is 14.4 Å². The molecule has 0 bridgehead atoms. The lowest BCUT2D eigenvalue weighted by Gasteiger charge is -2.14. The van der Waals surface area contributed by atoms with E-state index in [0.717, 1.165) is 15.0 Å². The van der Waals surface area contributed by atoms with E-state index in [-0.39, 0.29) is 6.54 Å². The Balaban J connectivity index is 1.86. The molecule has 9 heteroatoms. The zero-order valence-electron chi connectivity index (χ0n) is 17.6. The maximum absolute atomic E-state index is 13.4. The van der Waals surface area contributed by atoms with Crippen LogP contribution in [0.15, 0.2) is 58.1 Å². The summed E-state index contributed by atoms with van der Waals surface area (Å²) in [7, 11) is 1.51. The van der Waals surface area contributed by atoms with Gasteiger partial charge in [-0.05, 0) is 55.8 Å². The molecule has 0 unspecified atom stereocenters. The number of aryl methyl sites for hydroxylation is 2. The number of fused-ring (bicyclic) bond motifs is 1. The first-order chi connectivity index (χ1) is 15.3. The maximum Gasteiger partial charge on any atom is 0.337 e. The lowest BCUT2D eigenvalue weighted by atomic mass is 10.2. The number of para-hydroxylation sites is 2. The molecule has 2 aromatic carbocycles. The quantitative estimate of drug-likeness (QED) is 0.476. The normalized spacial score (nSPS) is 11.0. The smallest absolute Gasteiger partial charge is 0.337 e. The number of rotatable bonds is 5. The summed E-state index contributed by atoms with van der Waals surface area (Å²) in [6.07, 6.45) is 0. The number of nitrogens with one attached hydrogen (secondary N) is 1. The second-order valence-corrected chi connectivity index (χ2v) is 8.84. The van der Waals surface area contributed by atoms with Gasteiger partial charge in [0.2, 0.25) is 5.91 Å². The predicted octanol–water partition coefficient (Wildman–Crippen LogP) is 4.13. The molecule has 0 aliphatic heterocycles. The molecule has 0 fully saturated rings. The number of ether oxygens (including phenoxy) is 1. The van der Waals surface area contributed by atoms with E-state index >= 15 is 0 Å². The molecule has 32 heavy (non-hydrogen) atoms. The number of anilines is 1. The molecule has 0 radical (unpaired) electrons. The topological polar surface area (TPSA) is 82.3 Å². The van der Waals surface area contributed by atoms with Crippen molar-refractivity contribution in [2.24, 2.45) is 0 Å². The van der Waals surface area contributed by atoms with Gasteiger partial charge >= 0.3 is 5.69 Å². The van der Waals surface area contributed by atoms with E-state index in [1.54, 1.807) is 48.5 Å². The van der Waals surface area contributed by atoms with Gasteiger partial charge in [-0.25, -0.2) is 9.36 Å². The molecule has 2 heterocycles. The van der Waals surface area contributed by atoms with Crippen molar-refractivity contribution in [2.75, 3.05) is 12.4 Å². The highest BCUT2D eigenvalue weighted by atomic mass is 35.5. The van der Waals surface area contributed by atoms with Crippen molar-refractivity contribution in [1.82, 2.24) is 9.13 Å². The Morgan fingerprint density at radius 3 is 2.47 bits per heavy atom. The van der Waals surface area contributed by atoms with Crippen molar-refractivity contribution in [2.45, 2.75) is 20.4 Å². The van der Waals surface area contributed by atoms with Gasteiger partial charge in [-0.3, -0.25) is 14.2 Å². The van der Waals surface area contributed by atoms with E-state index in [4.69, 9.17) is 16.3 Å². The van der Waals surface area contributed by atoms with Crippen LogP contribution >= 0.6 is 22.9 Å². The summed E-state index contributed by atoms with van der Waals surface area (Å²) in [5.41, 5.74) is 0.649. The molecule has 4 aromatic rings. The Labute approximate surface area is 192 Å². The number of hydrogen-bond donors (Lipinski definition) is 1. The lowest BCUT2D eigenvalue weighted by molar-refractivity contribution is -0.116. The van der Waals surface area contributed by atoms with E-state index in [1.807, 2.05) is 13.8 Å². The highest BCUT2D eigenvalue weighted by Crippen LogP contribution is 2.28. The first-order valence-electron chi connectivity index (χ1n) is 9.76. The van der Waals surface area contributed by atoms with Gasteiger partial charge in [0.15, 0.2) is 0 Å². The first kappa shape index (κ1) is 21.9. The molecule has 7 nitrogen and oxygen atoms in total. The molecular weight excluding hydrogens is 450 g/mol. The second kappa shape index (κ2) is 8.64. The number of hydrogen-bond acceptors (Lipinski definition) is 5. The molecule has 0 aliphatic rings. The number of nitrogens with zero attached hydrogens (tertiary/aromatic N) is 2. The summed E-state index contributed by atoms with van der Waals surface area (Å²) in [5.74, 6) is 0.0928. The number of thiophene rings is 1. The van der Waals surface area contributed by atoms with Crippen LogP contribution in [0.1, 0.15) is 10.4 Å². The molecular formula is C23H20ClN3O4S. The average molecular weight is 470 g/mol. The molecule has 0 spiro atoms. The summed E-state index contributed by atoms with van der Waals surface area (Å²) in [6.45, 7) is 3.46. The van der Waals surface area contributed by atoms with Crippen molar-refractivity contribution in [3.63, 3.8) is 0 Å². The summed E-state index contributed by atoms with van der Waals surface area (Å²) in [6, 6.07) is 13.4. The van der Waals surface area contributed by atoms with Crippen LogP contribution in [0.2, 0.25) is 5.02 Å². The summed E-state index contributed by atoms with van der Waals surface area (Å²) >= 11 is 7.29. The number of carbonyl (C=O) groups excluding carboxylic acids is 1. The maximum atomic E-state index is 13.4. The lowest BCUT2D eigenvalue weighted by Crippen LogP contribution is -2.40. The standard InChI is InChI=1S/C23H20ClN3O4S/c1-13-14(2)32-22-20(13)21(29)27(16-10-8-15(24)9-11-16)23(30)26(22)12-19(28)25-17-6-4-5-7-18(17)31-3/h4-11H,12H2,1-3H3,(H,25,28). The van der Waals surface area contributed by atoms with E-state index in [0.29, 0.717) is 32.4 Å². The van der Waals surface area contributed by atoms with Gasteiger partial charge in [0.1, 0.15) is 17.1 Å². The molecule has 0 aliphatic carbocycles. The fraction of sp³-hybridized carbons (Fsp3) is 0.174. The molecule has 1 amide bonds. The van der Waals surface area contributed by atoms with Crippen LogP contribution in [0.5, 0.6) is 5.75 Å². The van der Waals surface area contributed by atoms with Crippen LogP contribution in [-0.2, 0) is 11.3 Å². The van der Waals surface area contributed by atoms with Crippen LogP contribution in [-0.4, -0.2) is 22.2 Å². The van der Waals surface area contributed by atoms with Crippen molar-refractivity contribution < 1.29 is 9.53 Å². The number of amides is 1. The summed E-state index contributed by atoms with van der Waals surface area (Å²) in [5, 5.41) is 3.69.